The zero-order valence-electron chi connectivity index (χ0n) is 19.4. The number of imidazole rings is 1. The van der Waals surface area contributed by atoms with E-state index in [1.165, 1.54) is 0 Å². The summed E-state index contributed by atoms with van der Waals surface area (Å²) in [7, 11) is 0. The lowest BCUT2D eigenvalue weighted by atomic mass is 9.96. The Hall–Kier alpha value is -2.71. The van der Waals surface area contributed by atoms with E-state index < -0.39 is 0 Å². The predicted octanol–water partition coefficient (Wildman–Crippen LogP) is 3.08. The molecule has 9 heteroatoms. The number of piperidine rings is 2. The SMILES string of the molecule is Cc1nccn1CCC(=O)N1CCC(c2nnc([C@@H]3CCCCN3C(=O)C(C)C)o2)CC1. The molecule has 2 aromatic rings. The molecule has 2 fully saturated rings. The Morgan fingerprint density at radius 2 is 1.84 bits per heavy atom. The van der Waals surface area contributed by atoms with Gasteiger partial charge >= 0.3 is 0 Å². The molecule has 32 heavy (non-hydrogen) atoms. The number of rotatable bonds is 6. The van der Waals surface area contributed by atoms with Crippen LogP contribution in [0.25, 0.3) is 0 Å². The lowest BCUT2D eigenvalue weighted by Gasteiger charge is -2.34. The molecule has 0 N–H and O–H groups in total. The molecule has 2 aliphatic rings. The van der Waals surface area contributed by atoms with E-state index in [0.717, 1.165) is 44.5 Å². The Labute approximate surface area is 189 Å². The van der Waals surface area contributed by atoms with Crippen LogP contribution in [0.15, 0.2) is 16.8 Å². The average molecular weight is 443 g/mol. The van der Waals surface area contributed by atoms with Crippen LogP contribution in [0.4, 0.5) is 0 Å². The van der Waals surface area contributed by atoms with Crippen LogP contribution >= 0.6 is 0 Å². The van der Waals surface area contributed by atoms with Gasteiger partial charge in [0.2, 0.25) is 23.6 Å². The summed E-state index contributed by atoms with van der Waals surface area (Å²) in [5.74, 6) is 2.56. The van der Waals surface area contributed by atoms with E-state index in [0.29, 0.717) is 37.8 Å². The fourth-order valence-electron chi connectivity index (χ4n) is 4.72. The van der Waals surface area contributed by atoms with Crippen molar-refractivity contribution in [3.63, 3.8) is 0 Å². The maximum Gasteiger partial charge on any atom is 0.238 e. The second kappa shape index (κ2) is 9.83. The fourth-order valence-corrected chi connectivity index (χ4v) is 4.72. The van der Waals surface area contributed by atoms with Crippen LogP contribution in [0.3, 0.4) is 0 Å². The number of hydrogen-bond donors (Lipinski definition) is 0. The van der Waals surface area contributed by atoms with Gasteiger partial charge in [0.25, 0.3) is 0 Å². The summed E-state index contributed by atoms with van der Waals surface area (Å²) in [4.78, 5) is 33.3. The first-order valence-corrected chi connectivity index (χ1v) is 11.8. The number of amides is 2. The molecule has 0 aliphatic carbocycles. The Kier molecular flexibility index (Phi) is 6.91. The summed E-state index contributed by atoms with van der Waals surface area (Å²) < 4.78 is 8.10. The van der Waals surface area contributed by atoms with E-state index in [9.17, 15) is 9.59 Å². The van der Waals surface area contributed by atoms with Crippen LogP contribution < -0.4 is 0 Å². The second-order valence-electron chi connectivity index (χ2n) is 9.25. The number of likely N-dealkylation sites (tertiary alicyclic amines) is 2. The van der Waals surface area contributed by atoms with Crippen molar-refractivity contribution in [1.82, 2.24) is 29.5 Å². The molecule has 0 bridgehead atoms. The van der Waals surface area contributed by atoms with Crippen molar-refractivity contribution in [2.24, 2.45) is 5.92 Å². The quantitative estimate of drug-likeness (QED) is 0.682. The van der Waals surface area contributed by atoms with Gasteiger partial charge in [0.15, 0.2) is 0 Å². The summed E-state index contributed by atoms with van der Waals surface area (Å²) in [5.41, 5.74) is 0. The summed E-state index contributed by atoms with van der Waals surface area (Å²) in [6.07, 6.45) is 8.72. The van der Waals surface area contributed by atoms with Gasteiger partial charge in [-0.05, 0) is 39.0 Å². The highest BCUT2D eigenvalue weighted by Crippen LogP contribution is 2.34. The Morgan fingerprint density at radius 1 is 1.09 bits per heavy atom. The van der Waals surface area contributed by atoms with Gasteiger partial charge in [0.1, 0.15) is 11.9 Å². The van der Waals surface area contributed by atoms with E-state index in [1.807, 2.05) is 41.3 Å². The van der Waals surface area contributed by atoms with Crippen molar-refractivity contribution < 1.29 is 14.0 Å². The van der Waals surface area contributed by atoms with Crippen molar-refractivity contribution in [3.05, 3.63) is 30.0 Å². The minimum Gasteiger partial charge on any atom is -0.423 e. The summed E-state index contributed by atoms with van der Waals surface area (Å²) in [5, 5.41) is 8.66. The van der Waals surface area contributed by atoms with Crippen molar-refractivity contribution in [2.45, 2.75) is 77.8 Å². The van der Waals surface area contributed by atoms with Gasteiger partial charge in [0, 0.05) is 56.8 Å². The van der Waals surface area contributed by atoms with Gasteiger partial charge in [0.05, 0.1) is 0 Å². The summed E-state index contributed by atoms with van der Waals surface area (Å²) in [6.45, 7) is 8.61. The zero-order chi connectivity index (χ0) is 22.7. The first-order chi connectivity index (χ1) is 15.4. The minimum absolute atomic E-state index is 0.0439. The molecule has 2 aromatic heterocycles. The molecule has 4 rings (SSSR count). The van der Waals surface area contributed by atoms with Gasteiger partial charge in [-0.3, -0.25) is 9.59 Å². The third-order valence-corrected chi connectivity index (χ3v) is 6.71. The monoisotopic (exact) mass is 442 g/mol. The van der Waals surface area contributed by atoms with Crippen LogP contribution in [-0.2, 0) is 16.1 Å². The lowest BCUT2D eigenvalue weighted by molar-refractivity contribution is -0.139. The minimum atomic E-state index is -0.117. The maximum absolute atomic E-state index is 12.6. The molecule has 2 saturated heterocycles. The molecule has 0 spiro atoms. The van der Waals surface area contributed by atoms with Crippen molar-refractivity contribution >= 4 is 11.8 Å². The number of aromatic nitrogens is 4. The van der Waals surface area contributed by atoms with E-state index in [1.54, 1.807) is 6.20 Å². The third kappa shape index (κ3) is 4.86. The zero-order valence-corrected chi connectivity index (χ0v) is 19.4. The summed E-state index contributed by atoms with van der Waals surface area (Å²) >= 11 is 0. The first kappa shape index (κ1) is 22.5. The molecule has 174 valence electrons. The first-order valence-electron chi connectivity index (χ1n) is 11.8. The molecule has 4 heterocycles. The highest BCUT2D eigenvalue weighted by molar-refractivity contribution is 5.78. The van der Waals surface area contributed by atoms with Crippen LogP contribution in [0.2, 0.25) is 0 Å². The molecule has 0 aromatic carbocycles. The van der Waals surface area contributed by atoms with Gasteiger partial charge in [-0.25, -0.2) is 4.98 Å². The number of hydrogen-bond acceptors (Lipinski definition) is 6. The molecular weight excluding hydrogens is 408 g/mol. The largest absolute Gasteiger partial charge is 0.423 e. The van der Waals surface area contributed by atoms with E-state index in [2.05, 4.69) is 15.2 Å². The molecule has 0 unspecified atom stereocenters. The Balaban J connectivity index is 1.32. The Morgan fingerprint density at radius 3 is 2.53 bits per heavy atom. The molecule has 0 saturated carbocycles. The van der Waals surface area contributed by atoms with E-state index in [4.69, 9.17) is 4.42 Å². The molecular formula is C23H34N6O3. The molecule has 2 aliphatic heterocycles. The Bertz CT molecular complexity index is 928. The number of aryl methyl sites for hydroxylation is 2. The highest BCUT2D eigenvalue weighted by atomic mass is 16.4. The van der Waals surface area contributed by atoms with Crippen LogP contribution in [-0.4, -0.2) is 61.0 Å². The van der Waals surface area contributed by atoms with Crippen LogP contribution in [0.1, 0.15) is 81.9 Å². The topological polar surface area (TPSA) is 97.4 Å². The van der Waals surface area contributed by atoms with Gasteiger partial charge in [-0.2, -0.15) is 0 Å². The standard InChI is InChI=1S/C23H34N6O3/c1-16(2)23(31)29-11-5-4-6-19(29)22-26-25-21(32-22)18-7-12-28(13-8-18)20(30)9-14-27-15-10-24-17(27)3/h10,15-16,18-19H,4-9,11-14H2,1-3H3/t19-/m0/s1. The second-order valence-corrected chi connectivity index (χ2v) is 9.25. The summed E-state index contributed by atoms with van der Waals surface area (Å²) in [6, 6.07) is -0.117. The number of carbonyl (C=O) groups excluding carboxylic acids is 2. The predicted molar refractivity (Wildman–Crippen MR) is 118 cm³/mol. The molecule has 0 radical (unpaired) electrons. The van der Waals surface area contributed by atoms with Crippen LogP contribution in [0, 0.1) is 12.8 Å². The molecule has 1 atom stereocenters. The fraction of sp³-hybridized carbons (Fsp3) is 0.696. The highest BCUT2D eigenvalue weighted by Gasteiger charge is 2.34. The van der Waals surface area contributed by atoms with Crippen molar-refractivity contribution in [2.75, 3.05) is 19.6 Å². The number of nitrogens with zero attached hydrogens (tertiary/aromatic N) is 6. The normalized spacial score (nSPS) is 20.2. The van der Waals surface area contributed by atoms with Crippen LogP contribution in [0.5, 0.6) is 0 Å². The number of carbonyl (C=O) groups is 2. The molecule has 2 amide bonds. The average Bonchev–Trinajstić information content (AvgIpc) is 3.46. The van der Waals surface area contributed by atoms with Gasteiger partial charge in [-0.1, -0.05) is 13.8 Å². The van der Waals surface area contributed by atoms with Gasteiger partial charge in [-0.15, -0.1) is 10.2 Å². The molecule has 9 nitrogen and oxygen atoms in total. The smallest absolute Gasteiger partial charge is 0.238 e. The van der Waals surface area contributed by atoms with Crippen molar-refractivity contribution in [3.8, 4) is 0 Å². The lowest BCUT2D eigenvalue weighted by Crippen LogP contribution is -2.40. The van der Waals surface area contributed by atoms with E-state index >= 15 is 0 Å². The van der Waals surface area contributed by atoms with E-state index in [-0.39, 0.29) is 29.7 Å². The third-order valence-electron chi connectivity index (χ3n) is 6.71. The van der Waals surface area contributed by atoms with Crippen molar-refractivity contribution in [1.29, 1.82) is 0 Å². The maximum atomic E-state index is 12.6. The van der Waals surface area contributed by atoms with Gasteiger partial charge < -0.3 is 18.8 Å².